The van der Waals surface area contributed by atoms with E-state index in [-0.39, 0.29) is 22.9 Å². The lowest BCUT2D eigenvalue weighted by Crippen LogP contribution is -2.54. The SMILES string of the molecule is C=C1C[C@@H]2[C@@H]3CCC4=CC(=O)C=C[C@]4(C)C3=CC[C@]2(C)[C@]1(O)C(C)=O. The van der Waals surface area contributed by atoms with Crippen molar-refractivity contribution in [3.63, 3.8) is 0 Å². The Labute approximate surface area is 149 Å². The van der Waals surface area contributed by atoms with Crippen LogP contribution in [-0.2, 0) is 9.59 Å². The highest BCUT2D eigenvalue weighted by molar-refractivity contribution is 6.01. The van der Waals surface area contributed by atoms with Gasteiger partial charge in [0, 0.05) is 10.8 Å². The van der Waals surface area contributed by atoms with Gasteiger partial charge in [0.15, 0.2) is 11.6 Å². The van der Waals surface area contributed by atoms with E-state index in [1.165, 1.54) is 18.1 Å². The van der Waals surface area contributed by atoms with Crippen LogP contribution in [0.3, 0.4) is 0 Å². The molecule has 3 heteroatoms. The minimum Gasteiger partial charge on any atom is -0.377 e. The maximum Gasteiger partial charge on any atom is 0.178 e. The molecule has 0 aromatic heterocycles. The molecule has 2 saturated carbocycles. The minimum atomic E-state index is -1.42. The molecule has 0 radical (unpaired) electrons. The monoisotopic (exact) mass is 338 g/mol. The molecule has 0 unspecified atom stereocenters. The summed E-state index contributed by atoms with van der Waals surface area (Å²) in [6.45, 7) is 9.81. The Bertz CT molecular complexity index is 798. The van der Waals surface area contributed by atoms with E-state index in [0.717, 1.165) is 12.8 Å². The molecular weight excluding hydrogens is 312 g/mol. The zero-order chi connectivity index (χ0) is 18.2. The van der Waals surface area contributed by atoms with E-state index in [4.69, 9.17) is 0 Å². The smallest absolute Gasteiger partial charge is 0.178 e. The van der Waals surface area contributed by atoms with Crippen molar-refractivity contribution in [3.8, 4) is 0 Å². The van der Waals surface area contributed by atoms with Crippen LogP contribution in [-0.4, -0.2) is 22.3 Å². The van der Waals surface area contributed by atoms with E-state index in [0.29, 0.717) is 24.3 Å². The predicted molar refractivity (Wildman–Crippen MR) is 96.7 cm³/mol. The molecule has 0 aromatic rings. The van der Waals surface area contributed by atoms with Gasteiger partial charge in [0.1, 0.15) is 5.60 Å². The van der Waals surface area contributed by atoms with Crippen LogP contribution >= 0.6 is 0 Å². The van der Waals surface area contributed by atoms with Gasteiger partial charge in [-0.3, -0.25) is 9.59 Å². The van der Waals surface area contributed by atoms with E-state index in [1.807, 2.05) is 6.08 Å². The lowest BCUT2D eigenvalue weighted by Gasteiger charge is -2.53. The van der Waals surface area contributed by atoms with Crippen LogP contribution in [0.1, 0.15) is 46.5 Å². The topological polar surface area (TPSA) is 54.4 Å². The number of carbonyl (C=O) groups excluding carboxylic acids is 2. The van der Waals surface area contributed by atoms with Crippen LogP contribution in [0, 0.1) is 22.7 Å². The van der Waals surface area contributed by atoms with Crippen molar-refractivity contribution in [3.05, 3.63) is 47.6 Å². The van der Waals surface area contributed by atoms with Crippen LogP contribution < -0.4 is 0 Å². The van der Waals surface area contributed by atoms with Gasteiger partial charge in [-0.2, -0.15) is 0 Å². The Morgan fingerprint density at radius 1 is 1.36 bits per heavy atom. The van der Waals surface area contributed by atoms with E-state index in [9.17, 15) is 14.7 Å². The van der Waals surface area contributed by atoms with Crippen molar-refractivity contribution < 1.29 is 14.7 Å². The highest BCUT2D eigenvalue weighted by Crippen LogP contribution is 2.66. The molecule has 4 aliphatic rings. The Kier molecular flexibility index (Phi) is 3.28. The Balaban J connectivity index is 1.82. The summed E-state index contributed by atoms with van der Waals surface area (Å²) in [6.07, 6.45) is 11.0. The second-order valence-corrected chi connectivity index (χ2v) is 8.71. The first-order chi connectivity index (χ1) is 11.6. The third-order valence-electron chi connectivity index (χ3n) is 7.65. The Morgan fingerprint density at radius 2 is 2.08 bits per heavy atom. The molecule has 0 amide bonds. The summed E-state index contributed by atoms with van der Waals surface area (Å²) in [5, 5.41) is 11.3. The summed E-state index contributed by atoms with van der Waals surface area (Å²) >= 11 is 0. The summed E-state index contributed by atoms with van der Waals surface area (Å²) in [5.74, 6) is 0.430. The van der Waals surface area contributed by atoms with Crippen molar-refractivity contribution in [1.29, 1.82) is 0 Å². The molecule has 0 saturated heterocycles. The molecule has 3 nitrogen and oxygen atoms in total. The van der Waals surface area contributed by atoms with E-state index in [2.05, 4.69) is 26.5 Å². The number of rotatable bonds is 1. The maximum absolute atomic E-state index is 12.3. The molecule has 5 atom stereocenters. The lowest BCUT2D eigenvalue weighted by molar-refractivity contribution is -0.144. The maximum atomic E-state index is 12.3. The molecule has 132 valence electrons. The summed E-state index contributed by atoms with van der Waals surface area (Å²) in [6, 6.07) is 0. The summed E-state index contributed by atoms with van der Waals surface area (Å²) < 4.78 is 0. The first-order valence-electron chi connectivity index (χ1n) is 9.21. The van der Waals surface area contributed by atoms with Crippen molar-refractivity contribution in [2.75, 3.05) is 0 Å². The third-order valence-corrected chi connectivity index (χ3v) is 7.65. The van der Waals surface area contributed by atoms with Crippen molar-refractivity contribution in [2.45, 2.75) is 52.1 Å². The zero-order valence-electron chi connectivity index (χ0n) is 15.3. The van der Waals surface area contributed by atoms with Gasteiger partial charge in [0.25, 0.3) is 0 Å². The molecule has 0 aromatic carbocycles. The number of carbonyl (C=O) groups is 2. The molecular formula is C22H26O3. The fourth-order valence-corrected chi connectivity index (χ4v) is 6.14. The third kappa shape index (κ3) is 1.85. The van der Waals surface area contributed by atoms with Gasteiger partial charge < -0.3 is 5.11 Å². The van der Waals surface area contributed by atoms with Crippen LogP contribution in [0.25, 0.3) is 0 Å². The highest BCUT2D eigenvalue weighted by Gasteiger charge is 2.65. The number of ketones is 2. The molecule has 4 aliphatic carbocycles. The molecule has 0 bridgehead atoms. The summed E-state index contributed by atoms with van der Waals surface area (Å²) in [5.41, 5.74) is 1.12. The van der Waals surface area contributed by atoms with Gasteiger partial charge in [-0.15, -0.1) is 0 Å². The van der Waals surface area contributed by atoms with Gasteiger partial charge in [-0.1, -0.05) is 36.8 Å². The summed E-state index contributed by atoms with van der Waals surface area (Å²) in [4.78, 5) is 24.1. The van der Waals surface area contributed by atoms with Crippen LogP contribution in [0.4, 0.5) is 0 Å². The van der Waals surface area contributed by atoms with Crippen LogP contribution in [0.2, 0.25) is 0 Å². The molecule has 0 aliphatic heterocycles. The predicted octanol–water partition coefficient (Wildman–Crippen LogP) is 3.70. The van der Waals surface area contributed by atoms with Crippen molar-refractivity contribution in [2.24, 2.45) is 22.7 Å². The average Bonchev–Trinajstić information content (AvgIpc) is 2.77. The molecule has 0 heterocycles. The Hall–Kier alpha value is -1.74. The fourth-order valence-electron chi connectivity index (χ4n) is 6.14. The van der Waals surface area contributed by atoms with Gasteiger partial charge in [-0.25, -0.2) is 0 Å². The van der Waals surface area contributed by atoms with Gasteiger partial charge in [0.05, 0.1) is 0 Å². The van der Waals surface area contributed by atoms with Crippen molar-refractivity contribution in [1.82, 2.24) is 0 Å². The first kappa shape index (κ1) is 16.7. The number of allylic oxidation sites excluding steroid dienone is 6. The van der Waals surface area contributed by atoms with Crippen LogP contribution in [0.15, 0.2) is 47.6 Å². The molecule has 4 rings (SSSR count). The number of hydrogen-bond donors (Lipinski definition) is 1. The number of fused-ring (bicyclic) bond motifs is 5. The molecule has 0 spiro atoms. The summed E-state index contributed by atoms with van der Waals surface area (Å²) in [7, 11) is 0. The van der Waals surface area contributed by atoms with Gasteiger partial charge >= 0.3 is 0 Å². The lowest BCUT2D eigenvalue weighted by atomic mass is 9.51. The first-order valence-corrected chi connectivity index (χ1v) is 9.21. The van der Waals surface area contributed by atoms with Crippen molar-refractivity contribution >= 4 is 11.6 Å². The molecule has 2 fully saturated rings. The van der Waals surface area contributed by atoms with Gasteiger partial charge in [0.2, 0.25) is 0 Å². The normalized spacial score (nSPS) is 45.3. The van der Waals surface area contributed by atoms with E-state index in [1.54, 1.807) is 12.2 Å². The largest absolute Gasteiger partial charge is 0.377 e. The number of aliphatic hydroxyl groups is 1. The van der Waals surface area contributed by atoms with Crippen LogP contribution in [0.5, 0.6) is 0 Å². The minimum absolute atomic E-state index is 0.0763. The molecule has 25 heavy (non-hydrogen) atoms. The standard InChI is InChI=1S/C22H26O3/c1-13-11-19-17-6-5-15-12-16(24)7-9-20(15,3)18(17)8-10-21(19,4)22(13,25)14(2)23/h7-9,12,17,19,25H,1,5-6,10-11H2,2-4H3/t17-,19-,20+,21+,22-/m1/s1. The highest BCUT2D eigenvalue weighted by atomic mass is 16.3. The van der Waals surface area contributed by atoms with Gasteiger partial charge in [-0.05, 0) is 69.1 Å². The zero-order valence-corrected chi connectivity index (χ0v) is 15.3. The second kappa shape index (κ2) is 4.91. The fraction of sp³-hybridized carbons (Fsp3) is 0.545. The molecule has 1 N–H and O–H groups in total. The average molecular weight is 338 g/mol. The van der Waals surface area contributed by atoms with E-state index >= 15 is 0 Å². The second-order valence-electron chi connectivity index (χ2n) is 8.71. The number of Topliss-reactive ketones (excluding diaryl/α,β-unsaturated/α-hetero) is 1. The quantitative estimate of drug-likeness (QED) is 0.742. The number of hydrogen-bond acceptors (Lipinski definition) is 3. The van der Waals surface area contributed by atoms with E-state index < -0.39 is 11.0 Å². The Morgan fingerprint density at radius 3 is 2.76 bits per heavy atom.